The summed E-state index contributed by atoms with van der Waals surface area (Å²) in [6.07, 6.45) is 7.85. The summed E-state index contributed by atoms with van der Waals surface area (Å²) in [6.45, 7) is 9.19. The van der Waals surface area contributed by atoms with E-state index >= 15 is 0 Å². The minimum Gasteiger partial charge on any atom is -0.393 e. The van der Waals surface area contributed by atoms with Crippen LogP contribution in [0.4, 0.5) is 0 Å². The molecule has 0 aromatic carbocycles. The molecule has 1 N–H and O–H groups in total. The molecule has 6 unspecified atom stereocenters. The molecule has 100 valence electrons. The summed E-state index contributed by atoms with van der Waals surface area (Å²) in [6, 6.07) is 0. The lowest BCUT2D eigenvalue weighted by Gasteiger charge is -2.61. The first-order valence-electron chi connectivity index (χ1n) is 7.71. The molecule has 17 heavy (non-hydrogen) atoms. The number of fused-ring (bicyclic) bond motifs is 1. The highest BCUT2D eigenvalue weighted by Crippen LogP contribution is 2.63. The molecule has 0 radical (unpaired) electrons. The van der Waals surface area contributed by atoms with Gasteiger partial charge in [0.05, 0.1) is 6.10 Å². The van der Waals surface area contributed by atoms with E-state index in [-0.39, 0.29) is 6.10 Å². The molecular weight excluding hydrogens is 208 g/mol. The summed E-state index contributed by atoms with van der Waals surface area (Å²) >= 11 is 0. The normalized spacial score (nSPS) is 47.1. The van der Waals surface area contributed by atoms with Crippen LogP contribution in [0.2, 0.25) is 0 Å². The second-order valence-electron chi connectivity index (χ2n) is 6.91. The lowest BCUT2D eigenvalue weighted by molar-refractivity contribution is -0.120. The van der Waals surface area contributed by atoms with E-state index in [0.717, 1.165) is 30.1 Å². The Kier molecular flexibility index (Phi) is 3.87. The number of hydrogen-bond donors (Lipinski definition) is 1. The summed E-state index contributed by atoms with van der Waals surface area (Å²) in [5, 5.41) is 9.79. The van der Waals surface area contributed by atoms with E-state index in [1.54, 1.807) is 0 Å². The lowest BCUT2D eigenvalue weighted by atomic mass is 9.44. The van der Waals surface area contributed by atoms with Gasteiger partial charge in [0.25, 0.3) is 0 Å². The minimum atomic E-state index is -0.122. The minimum absolute atomic E-state index is 0.122. The first-order valence-corrected chi connectivity index (χ1v) is 7.71. The summed E-state index contributed by atoms with van der Waals surface area (Å²) in [4.78, 5) is 0. The first kappa shape index (κ1) is 13.4. The zero-order chi connectivity index (χ0) is 12.6. The van der Waals surface area contributed by atoms with Crippen LogP contribution in [0.1, 0.15) is 66.2 Å². The van der Waals surface area contributed by atoms with Gasteiger partial charge in [0.2, 0.25) is 0 Å². The summed E-state index contributed by atoms with van der Waals surface area (Å²) in [5.74, 6) is 3.48. The van der Waals surface area contributed by atoms with Gasteiger partial charge in [-0.15, -0.1) is 0 Å². The third kappa shape index (κ3) is 2.16. The van der Waals surface area contributed by atoms with E-state index in [2.05, 4.69) is 20.8 Å². The van der Waals surface area contributed by atoms with Crippen molar-refractivity contribution in [1.82, 2.24) is 0 Å². The van der Waals surface area contributed by atoms with Gasteiger partial charge >= 0.3 is 0 Å². The molecule has 1 nitrogen and oxygen atoms in total. The Morgan fingerprint density at radius 2 is 2.00 bits per heavy atom. The van der Waals surface area contributed by atoms with Crippen LogP contribution in [0.15, 0.2) is 0 Å². The average molecular weight is 238 g/mol. The Labute approximate surface area is 107 Å². The number of hydrogen-bond acceptors (Lipinski definition) is 1. The smallest absolute Gasteiger partial charge is 0.0515 e. The van der Waals surface area contributed by atoms with Crippen molar-refractivity contribution in [3.63, 3.8) is 0 Å². The molecule has 0 amide bonds. The summed E-state index contributed by atoms with van der Waals surface area (Å²) in [7, 11) is 0. The SMILES string of the molecule is CCC1CC2CCC2(C)C(CC)C1CC(C)O. The molecule has 1 heteroatoms. The standard InChI is InChI=1S/C16H30O/c1-5-12-10-13-7-8-16(13,4)15(6-2)14(12)9-11(3)17/h11-15,17H,5-10H2,1-4H3. The fourth-order valence-corrected chi connectivity index (χ4v) is 5.03. The molecule has 0 heterocycles. The van der Waals surface area contributed by atoms with E-state index in [4.69, 9.17) is 0 Å². The molecule has 2 aliphatic rings. The maximum Gasteiger partial charge on any atom is 0.0515 e. The molecule has 2 aliphatic carbocycles. The van der Waals surface area contributed by atoms with Crippen molar-refractivity contribution >= 4 is 0 Å². The van der Waals surface area contributed by atoms with Crippen molar-refractivity contribution in [2.24, 2.45) is 29.1 Å². The largest absolute Gasteiger partial charge is 0.393 e. The molecule has 0 bridgehead atoms. The van der Waals surface area contributed by atoms with Crippen molar-refractivity contribution in [3.8, 4) is 0 Å². The number of aliphatic hydroxyl groups is 1. The summed E-state index contributed by atoms with van der Waals surface area (Å²) < 4.78 is 0. The van der Waals surface area contributed by atoms with Crippen LogP contribution in [-0.4, -0.2) is 11.2 Å². The van der Waals surface area contributed by atoms with Crippen molar-refractivity contribution < 1.29 is 5.11 Å². The van der Waals surface area contributed by atoms with Gasteiger partial charge in [-0.2, -0.15) is 0 Å². The van der Waals surface area contributed by atoms with Gasteiger partial charge < -0.3 is 5.11 Å². The van der Waals surface area contributed by atoms with Gasteiger partial charge in [-0.05, 0) is 61.7 Å². The molecule has 0 saturated heterocycles. The highest BCUT2D eigenvalue weighted by atomic mass is 16.3. The Morgan fingerprint density at radius 3 is 2.41 bits per heavy atom. The Hall–Kier alpha value is -0.0400. The van der Waals surface area contributed by atoms with Gasteiger partial charge in [0.1, 0.15) is 0 Å². The van der Waals surface area contributed by atoms with Crippen LogP contribution >= 0.6 is 0 Å². The maximum absolute atomic E-state index is 9.79. The third-order valence-electron chi connectivity index (χ3n) is 6.10. The van der Waals surface area contributed by atoms with E-state index in [0.29, 0.717) is 5.41 Å². The first-order chi connectivity index (χ1) is 8.02. The molecule has 0 aromatic rings. The van der Waals surface area contributed by atoms with Crippen molar-refractivity contribution in [2.75, 3.05) is 0 Å². The summed E-state index contributed by atoms with van der Waals surface area (Å²) in [5.41, 5.74) is 0.611. The van der Waals surface area contributed by atoms with Crippen molar-refractivity contribution in [2.45, 2.75) is 72.3 Å². The zero-order valence-corrected chi connectivity index (χ0v) is 12.1. The highest BCUT2D eigenvalue weighted by molar-refractivity contribution is 5.04. The molecule has 2 rings (SSSR count). The van der Waals surface area contributed by atoms with Gasteiger partial charge in [-0.3, -0.25) is 0 Å². The second kappa shape index (κ2) is 4.91. The molecule has 2 saturated carbocycles. The molecular formula is C16H30O. The van der Waals surface area contributed by atoms with Crippen LogP contribution < -0.4 is 0 Å². The molecule has 0 aliphatic heterocycles. The lowest BCUT2D eigenvalue weighted by Crippen LogP contribution is -2.53. The quantitative estimate of drug-likeness (QED) is 0.776. The van der Waals surface area contributed by atoms with E-state index in [1.165, 1.54) is 32.1 Å². The van der Waals surface area contributed by atoms with Gasteiger partial charge in [-0.1, -0.05) is 33.6 Å². The highest BCUT2D eigenvalue weighted by Gasteiger charge is 2.54. The fraction of sp³-hybridized carbons (Fsp3) is 1.00. The maximum atomic E-state index is 9.79. The van der Waals surface area contributed by atoms with Crippen LogP contribution in [-0.2, 0) is 0 Å². The number of aliphatic hydroxyl groups excluding tert-OH is 1. The topological polar surface area (TPSA) is 20.2 Å². The predicted molar refractivity (Wildman–Crippen MR) is 72.8 cm³/mol. The Balaban J connectivity index is 2.18. The van der Waals surface area contributed by atoms with Gasteiger partial charge in [-0.25, -0.2) is 0 Å². The zero-order valence-electron chi connectivity index (χ0n) is 12.1. The molecule has 6 atom stereocenters. The molecule has 2 fully saturated rings. The van der Waals surface area contributed by atoms with Crippen LogP contribution in [0.5, 0.6) is 0 Å². The average Bonchev–Trinajstić information content (AvgIpc) is 2.26. The van der Waals surface area contributed by atoms with Crippen molar-refractivity contribution in [1.29, 1.82) is 0 Å². The van der Waals surface area contributed by atoms with E-state index < -0.39 is 0 Å². The third-order valence-corrected chi connectivity index (χ3v) is 6.10. The Bertz CT molecular complexity index is 260. The van der Waals surface area contributed by atoms with Gasteiger partial charge in [0, 0.05) is 0 Å². The van der Waals surface area contributed by atoms with Crippen LogP contribution in [0.25, 0.3) is 0 Å². The van der Waals surface area contributed by atoms with Gasteiger partial charge in [0.15, 0.2) is 0 Å². The van der Waals surface area contributed by atoms with E-state index in [1.807, 2.05) is 6.92 Å². The molecule has 0 aromatic heterocycles. The Morgan fingerprint density at radius 1 is 1.29 bits per heavy atom. The van der Waals surface area contributed by atoms with Crippen molar-refractivity contribution in [3.05, 3.63) is 0 Å². The van der Waals surface area contributed by atoms with Crippen LogP contribution in [0, 0.1) is 29.1 Å². The second-order valence-corrected chi connectivity index (χ2v) is 6.91. The van der Waals surface area contributed by atoms with Crippen LogP contribution in [0.3, 0.4) is 0 Å². The van der Waals surface area contributed by atoms with E-state index in [9.17, 15) is 5.11 Å². The molecule has 0 spiro atoms. The number of rotatable bonds is 4. The predicted octanol–water partition coefficient (Wildman–Crippen LogP) is 4.25. The fourth-order valence-electron chi connectivity index (χ4n) is 5.03. The monoisotopic (exact) mass is 238 g/mol.